The summed E-state index contributed by atoms with van der Waals surface area (Å²) in [5.74, 6) is 0.181. The predicted octanol–water partition coefficient (Wildman–Crippen LogP) is 4.32. The van der Waals surface area contributed by atoms with Crippen LogP contribution in [0.4, 0.5) is 11.4 Å². The van der Waals surface area contributed by atoms with E-state index < -0.39 is 0 Å². The zero-order chi connectivity index (χ0) is 24.5. The van der Waals surface area contributed by atoms with Crippen LogP contribution in [0.2, 0.25) is 0 Å². The molecular weight excluding hydrogens is 444 g/mol. The molecule has 0 spiro atoms. The molecule has 0 radical (unpaired) electrons. The fourth-order valence-corrected chi connectivity index (χ4v) is 4.03. The number of benzene rings is 2. The lowest BCUT2D eigenvalue weighted by Crippen LogP contribution is -2.36. The van der Waals surface area contributed by atoms with Crippen molar-refractivity contribution in [2.75, 3.05) is 17.2 Å². The first-order chi connectivity index (χ1) is 17.1. The van der Waals surface area contributed by atoms with E-state index in [0.29, 0.717) is 29.1 Å². The molecule has 4 N–H and O–H groups in total. The first-order valence-corrected chi connectivity index (χ1v) is 11.9. The lowest BCUT2D eigenvalue weighted by Gasteiger charge is -2.22. The lowest BCUT2D eigenvalue weighted by atomic mass is 9.95. The van der Waals surface area contributed by atoms with E-state index in [-0.39, 0.29) is 30.3 Å². The zero-order valence-electron chi connectivity index (χ0n) is 19.5. The van der Waals surface area contributed by atoms with Gasteiger partial charge in [0.05, 0.1) is 19.4 Å². The molecule has 8 heteroatoms. The third-order valence-electron chi connectivity index (χ3n) is 5.97. The SMILES string of the molecule is O=C(CNc1ccc(C(=O)NCc2ccco2)cc1)Nc1ccc(C(=O)NC2CCCCC2)cc1. The Bertz CT molecular complexity index is 1120. The van der Waals surface area contributed by atoms with Crippen LogP contribution in [0.5, 0.6) is 0 Å². The number of hydrogen-bond acceptors (Lipinski definition) is 5. The van der Waals surface area contributed by atoms with Gasteiger partial charge in [0, 0.05) is 28.5 Å². The minimum absolute atomic E-state index is 0.0634. The van der Waals surface area contributed by atoms with Gasteiger partial charge in [0.15, 0.2) is 0 Å². The van der Waals surface area contributed by atoms with Crippen LogP contribution in [0.1, 0.15) is 58.6 Å². The average Bonchev–Trinajstić information content (AvgIpc) is 3.41. The molecule has 0 aliphatic heterocycles. The number of amides is 3. The monoisotopic (exact) mass is 474 g/mol. The fraction of sp³-hybridized carbons (Fsp3) is 0.296. The van der Waals surface area contributed by atoms with E-state index in [9.17, 15) is 14.4 Å². The topological polar surface area (TPSA) is 112 Å². The number of carbonyl (C=O) groups is 3. The van der Waals surface area contributed by atoms with Crippen LogP contribution in [0.15, 0.2) is 71.3 Å². The Labute approximate surface area is 204 Å². The first-order valence-electron chi connectivity index (χ1n) is 11.9. The van der Waals surface area contributed by atoms with Gasteiger partial charge < -0.3 is 25.7 Å². The molecule has 182 valence electrons. The third-order valence-corrected chi connectivity index (χ3v) is 5.97. The lowest BCUT2D eigenvalue weighted by molar-refractivity contribution is -0.114. The average molecular weight is 475 g/mol. The van der Waals surface area contributed by atoms with E-state index in [1.807, 2.05) is 0 Å². The normalized spacial score (nSPS) is 13.6. The molecule has 0 saturated heterocycles. The molecular formula is C27H30N4O4. The summed E-state index contributed by atoms with van der Waals surface area (Å²) in [6.45, 7) is 0.381. The van der Waals surface area contributed by atoms with E-state index in [0.717, 1.165) is 31.4 Å². The Morgan fingerprint density at radius 1 is 0.800 bits per heavy atom. The highest BCUT2D eigenvalue weighted by Crippen LogP contribution is 2.18. The number of anilines is 2. The summed E-state index contributed by atoms with van der Waals surface area (Å²) in [4.78, 5) is 37.0. The van der Waals surface area contributed by atoms with Crippen molar-refractivity contribution < 1.29 is 18.8 Å². The maximum absolute atomic E-state index is 12.4. The first kappa shape index (κ1) is 24.1. The van der Waals surface area contributed by atoms with Gasteiger partial charge in [0.2, 0.25) is 5.91 Å². The maximum Gasteiger partial charge on any atom is 0.251 e. The molecule has 35 heavy (non-hydrogen) atoms. The maximum atomic E-state index is 12.4. The van der Waals surface area contributed by atoms with E-state index in [4.69, 9.17) is 4.42 Å². The number of carbonyl (C=O) groups excluding carboxylic acids is 3. The van der Waals surface area contributed by atoms with Gasteiger partial charge in [0.1, 0.15) is 5.76 Å². The highest BCUT2D eigenvalue weighted by molar-refractivity contribution is 5.97. The van der Waals surface area contributed by atoms with Crippen molar-refractivity contribution in [1.29, 1.82) is 0 Å². The molecule has 0 atom stereocenters. The van der Waals surface area contributed by atoms with Crippen molar-refractivity contribution in [2.45, 2.75) is 44.7 Å². The summed E-state index contributed by atoms with van der Waals surface area (Å²) < 4.78 is 5.20. The van der Waals surface area contributed by atoms with Gasteiger partial charge >= 0.3 is 0 Å². The number of rotatable bonds is 9. The third kappa shape index (κ3) is 7.20. The highest BCUT2D eigenvalue weighted by atomic mass is 16.3. The Kier molecular flexibility index (Phi) is 8.17. The number of hydrogen-bond donors (Lipinski definition) is 4. The van der Waals surface area contributed by atoms with Crippen LogP contribution in [0.3, 0.4) is 0 Å². The van der Waals surface area contributed by atoms with Crippen molar-refractivity contribution in [3.63, 3.8) is 0 Å². The van der Waals surface area contributed by atoms with Gasteiger partial charge in [-0.2, -0.15) is 0 Å². The van der Waals surface area contributed by atoms with Crippen LogP contribution < -0.4 is 21.3 Å². The van der Waals surface area contributed by atoms with Gasteiger partial charge in [-0.25, -0.2) is 0 Å². The molecule has 0 unspecified atom stereocenters. The predicted molar refractivity (Wildman–Crippen MR) is 134 cm³/mol. The van der Waals surface area contributed by atoms with Gasteiger partial charge in [-0.1, -0.05) is 19.3 Å². The molecule has 4 rings (SSSR count). The number of nitrogens with one attached hydrogen (secondary N) is 4. The molecule has 1 aromatic heterocycles. The van der Waals surface area contributed by atoms with E-state index in [1.165, 1.54) is 6.42 Å². The number of furan rings is 1. The summed E-state index contributed by atoms with van der Waals surface area (Å²) in [6.07, 6.45) is 7.20. The summed E-state index contributed by atoms with van der Waals surface area (Å²) in [6, 6.07) is 17.6. The molecule has 1 saturated carbocycles. The van der Waals surface area contributed by atoms with Gasteiger partial charge in [0.25, 0.3) is 11.8 Å². The second-order valence-corrected chi connectivity index (χ2v) is 8.63. The van der Waals surface area contributed by atoms with Crippen LogP contribution in [-0.4, -0.2) is 30.3 Å². The summed E-state index contributed by atoms with van der Waals surface area (Å²) in [5.41, 5.74) is 2.44. The summed E-state index contributed by atoms with van der Waals surface area (Å²) in [7, 11) is 0. The van der Waals surface area contributed by atoms with Crippen LogP contribution in [0, 0.1) is 0 Å². The fourth-order valence-electron chi connectivity index (χ4n) is 4.03. The van der Waals surface area contributed by atoms with Crippen molar-refractivity contribution in [3.05, 3.63) is 83.8 Å². The molecule has 1 aliphatic rings. The second kappa shape index (κ2) is 11.9. The largest absolute Gasteiger partial charge is 0.467 e. The van der Waals surface area contributed by atoms with Crippen molar-refractivity contribution in [1.82, 2.24) is 10.6 Å². The van der Waals surface area contributed by atoms with Crippen LogP contribution >= 0.6 is 0 Å². The molecule has 1 heterocycles. The molecule has 3 aromatic rings. The van der Waals surface area contributed by atoms with E-state index in [1.54, 1.807) is 66.9 Å². The quantitative estimate of drug-likeness (QED) is 0.369. The Balaban J connectivity index is 1.20. The summed E-state index contributed by atoms with van der Waals surface area (Å²) >= 11 is 0. The molecule has 1 fully saturated rings. The zero-order valence-corrected chi connectivity index (χ0v) is 19.5. The minimum Gasteiger partial charge on any atom is -0.467 e. The van der Waals surface area contributed by atoms with Gasteiger partial charge in [-0.05, 0) is 73.5 Å². The van der Waals surface area contributed by atoms with Gasteiger partial charge in [-0.3, -0.25) is 14.4 Å². The molecule has 0 bridgehead atoms. The highest BCUT2D eigenvalue weighted by Gasteiger charge is 2.16. The Morgan fingerprint density at radius 3 is 2.11 bits per heavy atom. The van der Waals surface area contributed by atoms with Crippen LogP contribution in [0.25, 0.3) is 0 Å². The summed E-state index contributed by atoms with van der Waals surface area (Å²) in [5, 5.41) is 11.7. The van der Waals surface area contributed by atoms with Crippen LogP contribution in [-0.2, 0) is 11.3 Å². The standard InChI is InChI=1S/C27H30N4O4/c32-25(30-23-14-10-20(11-15-23)27(34)31-22-5-2-1-3-6-22)18-28-21-12-8-19(9-13-21)26(33)29-17-24-7-4-16-35-24/h4,7-16,22,28H,1-3,5-6,17-18H2,(H,29,33)(H,30,32)(H,31,34). The van der Waals surface area contributed by atoms with E-state index >= 15 is 0 Å². The van der Waals surface area contributed by atoms with Crippen molar-refractivity contribution in [3.8, 4) is 0 Å². The smallest absolute Gasteiger partial charge is 0.251 e. The molecule has 3 amide bonds. The minimum atomic E-state index is -0.218. The van der Waals surface area contributed by atoms with Crippen molar-refractivity contribution in [2.24, 2.45) is 0 Å². The second-order valence-electron chi connectivity index (χ2n) is 8.63. The van der Waals surface area contributed by atoms with Crippen molar-refractivity contribution >= 4 is 29.1 Å². The Morgan fingerprint density at radius 2 is 1.46 bits per heavy atom. The van der Waals surface area contributed by atoms with E-state index in [2.05, 4.69) is 21.3 Å². The van der Waals surface area contributed by atoms with Gasteiger partial charge in [-0.15, -0.1) is 0 Å². The molecule has 2 aromatic carbocycles. The molecule has 8 nitrogen and oxygen atoms in total. The Hall–Kier alpha value is -4.07. The molecule has 1 aliphatic carbocycles.